The van der Waals surface area contributed by atoms with Gasteiger partial charge in [0.05, 0.1) is 50.4 Å². The van der Waals surface area contributed by atoms with E-state index in [2.05, 4.69) is 15.2 Å². The molecule has 234 valence electrons. The predicted octanol–water partition coefficient (Wildman–Crippen LogP) is 7.79. The Morgan fingerprint density at radius 2 is 1.76 bits per heavy atom. The molecule has 0 radical (unpaired) electrons. The first-order chi connectivity index (χ1) is 21.4. The van der Waals surface area contributed by atoms with E-state index in [9.17, 15) is 19.8 Å². The number of anilines is 3. The standard InChI is InChI=1S/C33H34Cl2N6O4/c1-33(2,3)41(32(44)45)21-5-4-12-40(17-21)27-11-8-20(15-37-27)38-28-22(30(42)18-6-7-18)16-36-26-10-9-25(39-29(26)28)19-13-23(34)31(43)24(35)14-19/h8-11,13-16,18,21,43H,4-7,12,17H2,1-3H3,(H,36,38)(H,44,45). The van der Waals surface area contributed by atoms with Gasteiger partial charge in [-0.15, -0.1) is 0 Å². The number of piperidine rings is 1. The Morgan fingerprint density at radius 3 is 2.38 bits per heavy atom. The van der Waals surface area contributed by atoms with E-state index < -0.39 is 11.6 Å². The molecule has 12 heteroatoms. The molecule has 1 aliphatic heterocycles. The summed E-state index contributed by atoms with van der Waals surface area (Å²) in [7, 11) is 0. The summed E-state index contributed by atoms with van der Waals surface area (Å²) in [6.45, 7) is 7.07. The molecule has 4 aromatic rings. The quantitative estimate of drug-likeness (QED) is 0.172. The fourth-order valence-electron chi connectivity index (χ4n) is 5.97. The first kappa shape index (κ1) is 30.9. The second kappa shape index (κ2) is 12.0. The minimum atomic E-state index is -0.920. The zero-order chi connectivity index (χ0) is 32.0. The summed E-state index contributed by atoms with van der Waals surface area (Å²) in [4.78, 5) is 43.3. The number of rotatable bonds is 7. The predicted molar refractivity (Wildman–Crippen MR) is 176 cm³/mol. The van der Waals surface area contributed by atoms with E-state index in [0.717, 1.165) is 38.0 Å². The number of Topliss-reactive ketones (excluding diaryl/α,β-unsaturated/α-hetero) is 1. The number of aromatic hydroxyl groups is 1. The first-order valence-electron chi connectivity index (χ1n) is 14.9. The van der Waals surface area contributed by atoms with Crippen LogP contribution in [0, 0.1) is 5.92 Å². The van der Waals surface area contributed by atoms with Gasteiger partial charge in [-0.3, -0.25) is 14.7 Å². The van der Waals surface area contributed by atoms with E-state index in [1.807, 2.05) is 39.0 Å². The summed E-state index contributed by atoms with van der Waals surface area (Å²) < 4.78 is 0. The molecule has 3 aromatic heterocycles. The number of hydrogen-bond donors (Lipinski definition) is 3. The van der Waals surface area contributed by atoms with Crippen molar-refractivity contribution in [2.75, 3.05) is 23.3 Å². The van der Waals surface area contributed by atoms with Crippen LogP contribution >= 0.6 is 23.2 Å². The second-order valence-electron chi connectivity index (χ2n) is 12.6. The molecule has 4 heterocycles. The van der Waals surface area contributed by atoms with Crippen LogP contribution in [-0.2, 0) is 0 Å². The summed E-state index contributed by atoms with van der Waals surface area (Å²) in [6, 6.07) is 10.4. The maximum absolute atomic E-state index is 13.4. The average Bonchev–Trinajstić information content (AvgIpc) is 3.85. The van der Waals surface area contributed by atoms with Crippen molar-refractivity contribution in [2.24, 2.45) is 5.92 Å². The number of phenols is 1. The Bertz CT molecular complexity index is 1770. The summed E-state index contributed by atoms with van der Waals surface area (Å²) >= 11 is 12.4. The van der Waals surface area contributed by atoms with E-state index in [4.69, 9.17) is 33.2 Å². The molecule has 0 bridgehead atoms. The van der Waals surface area contributed by atoms with Gasteiger partial charge in [0.1, 0.15) is 11.3 Å². The highest BCUT2D eigenvalue weighted by Crippen LogP contribution is 2.39. The number of pyridine rings is 3. The molecule has 1 amide bonds. The van der Waals surface area contributed by atoms with E-state index in [1.54, 1.807) is 35.5 Å². The number of hydrogen-bond acceptors (Lipinski definition) is 8. The SMILES string of the molecule is CC(C)(C)N(C(=O)O)C1CCCN(c2ccc(Nc3c(C(=O)C4CC4)cnc4ccc(-c5cc(Cl)c(O)c(Cl)c5)nc34)cn2)C1. The molecule has 1 aromatic carbocycles. The number of nitrogens with zero attached hydrogens (tertiary/aromatic N) is 5. The molecule has 0 spiro atoms. The Labute approximate surface area is 271 Å². The molecule has 3 N–H and O–H groups in total. The van der Waals surface area contributed by atoms with E-state index >= 15 is 0 Å². The molecule has 45 heavy (non-hydrogen) atoms. The summed E-state index contributed by atoms with van der Waals surface area (Å²) in [6.07, 6.45) is 5.72. The van der Waals surface area contributed by atoms with Gasteiger partial charge in [-0.05, 0) is 82.9 Å². The van der Waals surface area contributed by atoms with Crippen LogP contribution in [-0.4, -0.2) is 66.6 Å². The van der Waals surface area contributed by atoms with Crippen LogP contribution in [0.25, 0.3) is 22.3 Å². The van der Waals surface area contributed by atoms with Crippen molar-refractivity contribution in [3.05, 3.63) is 64.4 Å². The molecule has 1 saturated heterocycles. The van der Waals surface area contributed by atoms with Crippen LogP contribution < -0.4 is 10.2 Å². The van der Waals surface area contributed by atoms with Gasteiger partial charge in [-0.2, -0.15) is 0 Å². The van der Waals surface area contributed by atoms with Crippen LogP contribution in [0.3, 0.4) is 0 Å². The second-order valence-corrected chi connectivity index (χ2v) is 13.4. The zero-order valence-electron chi connectivity index (χ0n) is 25.2. The zero-order valence-corrected chi connectivity index (χ0v) is 26.7. The van der Waals surface area contributed by atoms with Crippen molar-refractivity contribution in [3.8, 4) is 17.0 Å². The van der Waals surface area contributed by atoms with Crippen molar-refractivity contribution in [1.82, 2.24) is 19.9 Å². The lowest BCUT2D eigenvalue weighted by Crippen LogP contribution is -2.57. The lowest BCUT2D eigenvalue weighted by Gasteiger charge is -2.44. The van der Waals surface area contributed by atoms with E-state index in [-0.39, 0.29) is 33.5 Å². The molecule has 6 rings (SSSR count). The van der Waals surface area contributed by atoms with Gasteiger partial charge in [0, 0.05) is 36.3 Å². The molecule has 2 aliphatic rings. The summed E-state index contributed by atoms with van der Waals surface area (Å²) in [5.74, 6) is 0.530. The molecule has 1 aliphatic carbocycles. The maximum Gasteiger partial charge on any atom is 0.408 e. The van der Waals surface area contributed by atoms with Crippen LogP contribution in [0.2, 0.25) is 10.0 Å². The van der Waals surface area contributed by atoms with Gasteiger partial charge >= 0.3 is 6.09 Å². The Hall–Kier alpha value is -4.15. The number of halogens is 2. The van der Waals surface area contributed by atoms with Gasteiger partial charge in [-0.1, -0.05) is 23.2 Å². The number of fused-ring (bicyclic) bond motifs is 1. The van der Waals surface area contributed by atoms with Crippen LogP contribution in [0.1, 0.15) is 56.8 Å². The average molecular weight is 650 g/mol. The monoisotopic (exact) mass is 648 g/mol. The van der Waals surface area contributed by atoms with Gasteiger partial charge in [0.15, 0.2) is 11.5 Å². The molecule has 1 saturated carbocycles. The van der Waals surface area contributed by atoms with Crippen LogP contribution in [0.15, 0.2) is 48.8 Å². The number of nitrogens with one attached hydrogen (secondary N) is 1. The highest BCUT2D eigenvalue weighted by Gasteiger charge is 2.36. The van der Waals surface area contributed by atoms with Crippen LogP contribution in [0.5, 0.6) is 5.75 Å². The lowest BCUT2D eigenvalue weighted by atomic mass is 9.97. The first-order valence-corrected chi connectivity index (χ1v) is 15.7. The van der Waals surface area contributed by atoms with Crippen molar-refractivity contribution in [2.45, 2.75) is 58.0 Å². The van der Waals surface area contributed by atoms with Crippen molar-refractivity contribution >= 4 is 63.3 Å². The minimum absolute atomic E-state index is 0.0144. The third-order valence-electron chi connectivity index (χ3n) is 8.27. The van der Waals surface area contributed by atoms with Crippen molar-refractivity contribution < 1.29 is 19.8 Å². The largest absolute Gasteiger partial charge is 0.505 e. The number of carbonyl (C=O) groups excluding carboxylic acids is 1. The number of benzene rings is 1. The molecular weight excluding hydrogens is 615 g/mol. The van der Waals surface area contributed by atoms with Gasteiger partial charge in [-0.25, -0.2) is 14.8 Å². The normalized spacial score (nSPS) is 16.9. The lowest BCUT2D eigenvalue weighted by molar-refractivity contribution is 0.0647. The third-order valence-corrected chi connectivity index (χ3v) is 8.85. The fraction of sp³-hybridized carbons (Fsp3) is 0.364. The smallest absolute Gasteiger partial charge is 0.408 e. The molecule has 2 fully saturated rings. The number of ketones is 1. The topological polar surface area (TPSA) is 132 Å². The highest BCUT2D eigenvalue weighted by atomic mass is 35.5. The van der Waals surface area contributed by atoms with Crippen molar-refractivity contribution in [1.29, 1.82) is 0 Å². The van der Waals surface area contributed by atoms with Gasteiger partial charge in [0.25, 0.3) is 0 Å². The summed E-state index contributed by atoms with van der Waals surface area (Å²) in [5, 5.41) is 23.6. The van der Waals surface area contributed by atoms with E-state index in [0.29, 0.717) is 45.8 Å². The number of carboxylic acid groups (broad SMARTS) is 1. The van der Waals surface area contributed by atoms with Crippen molar-refractivity contribution in [3.63, 3.8) is 0 Å². The number of carbonyl (C=O) groups is 2. The fourth-order valence-corrected chi connectivity index (χ4v) is 6.46. The van der Waals surface area contributed by atoms with E-state index in [1.165, 1.54) is 0 Å². The number of phenolic OH excluding ortho intramolecular Hbond substituents is 1. The molecule has 1 unspecified atom stereocenters. The number of aromatic nitrogens is 3. The third kappa shape index (κ3) is 6.35. The Balaban J connectivity index is 1.32. The Morgan fingerprint density at radius 1 is 1.02 bits per heavy atom. The van der Waals surface area contributed by atoms with Gasteiger partial charge in [0.2, 0.25) is 0 Å². The Kier molecular flexibility index (Phi) is 8.22. The molecular formula is C33H34Cl2N6O4. The molecule has 1 atom stereocenters. The summed E-state index contributed by atoms with van der Waals surface area (Å²) in [5.41, 5.74) is 3.38. The number of amides is 1. The molecule has 10 nitrogen and oxygen atoms in total. The maximum atomic E-state index is 13.4. The van der Waals surface area contributed by atoms with Gasteiger partial charge < -0.3 is 20.4 Å². The highest BCUT2D eigenvalue weighted by molar-refractivity contribution is 6.37. The van der Waals surface area contributed by atoms with Crippen LogP contribution in [0.4, 0.5) is 22.0 Å². The minimum Gasteiger partial charge on any atom is -0.505 e.